The fourth-order valence-electron chi connectivity index (χ4n) is 1.09. The number of para-hydroxylation sites is 1. The van der Waals surface area contributed by atoms with Crippen LogP contribution in [0.15, 0.2) is 29.3 Å². The highest BCUT2D eigenvalue weighted by Gasteiger charge is 2.24. The first kappa shape index (κ1) is 16.6. The van der Waals surface area contributed by atoms with Crippen LogP contribution >= 0.6 is 47.2 Å². The molecule has 0 fully saturated rings. The molecule has 17 heavy (non-hydrogen) atoms. The molecule has 0 aromatic heterocycles. The summed E-state index contributed by atoms with van der Waals surface area (Å²) in [7, 11) is 1.58. The topological polar surface area (TPSA) is 47.6 Å². The van der Waals surface area contributed by atoms with Crippen LogP contribution in [-0.2, 0) is 6.54 Å². The van der Waals surface area contributed by atoms with Crippen LogP contribution in [0.4, 0.5) is 0 Å². The Kier molecular flexibility index (Phi) is 7.02. The van der Waals surface area contributed by atoms with Crippen molar-refractivity contribution in [2.24, 2.45) is 10.7 Å². The van der Waals surface area contributed by atoms with Gasteiger partial charge in [0.15, 0.2) is 0 Å². The molecule has 0 unspecified atom stereocenters. The largest absolute Gasteiger partial charge is 0.496 e. The standard InChI is InChI=1S/C10H11Cl3N2O.ClH/c1-16-8-5-3-2-4-7(8)6-15-9(14)10(11,12)13;/h2-5H,6H2,1H3,(H2,14,15);1H. The molecule has 0 amide bonds. The quantitative estimate of drug-likeness (QED) is 0.528. The molecule has 0 aliphatic carbocycles. The maximum absolute atomic E-state index is 5.57. The molecule has 1 rings (SSSR count). The lowest BCUT2D eigenvalue weighted by molar-refractivity contribution is 0.410. The zero-order valence-electron chi connectivity index (χ0n) is 8.99. The number of methoxy groups -OCH3 is 1. The Hall–Kier alpha value is -0.350. The van der Waals surface area contributed by atoms with Crippen molar-refractivity contribution < 1.29 is 4.74 Å². The lowest BCUT2D eigenvalue weighted by atomic mass is 10.2. The molecule has 0 aliphatic heterocycles. The smallest absolute Gasteiger partial charge is 0.247 e. The summed E-state index contributed by atoms with van der Waals surface area (Å²) in [6, 6.07) is 7.44. The molecule has 0 bridgehead atoms. The number of hydrogen-bond acceptors (Lipinski definition) is 2. The molecule has 0 heterocycles. The van der Waals surface area contributed by atoms with E-state index in [-0.39, 0.29) is 18.2 Å². The third-order valence-electron chi connectivity index (χ3n) is 1.90. The third-order valence-corrected chi connectivity index (χ3v) is 2.48. The summed E-state index contributed by atoms with van der Waals surface area (Å²) >= 11 is 16.7. The first-order chi connectivity index (χ1) is 7.45. The molecule has 1 aromatic carbocycles. The molecule has 7 heteroatoms. The van der Waals surface area contributed by atoms with Gasteiger partial charge < -0.3 is 10.5 Å². The van der Waals surface area contributed by atoms with Crippen molar-refractivity contribution in [3.8, 4) is 5.75 Å². The fourth-order valence-corrected chi connectivity index (χ4v) is 1.27. The molecule has 0 atom stereocenters. The fraction of sp³-hybridized carbons (Fsp3) is 0.300. The number of halogens is 4. The van der Waals surface area contributed by atoms with E-state index >= 15 is 0 Å². The minimum Gasteiger partial charge on any atom is -0.496 e. The molecule has 3 nitrogen and oxygen atoms in total. The number of ether oxygens (including phenoxy) is 1. The molecule has 0 saturated carbocycles. The maximum Gasteiger partial charge on any atom is 0.247 e. The Morgan fingerprint density at radius 2 is 1.94 bits per heavy atom. The second kappa shape index (κ2) is 7.17. The second-order valence-electron chi connectivity index (χ2n) is 3.01. The van der Waals surface area contributed by atoms with Gasteiger partial charge >= 0.3 is 0 Å². The summed E-state index contributed by atoms with van der Waals surface area (Å²) in [6.07, 6.45) is 0. The van der Waals surface area contributed by atoms with E-state index in [0.29, 0.717) is 6.54 Å². The van der Waals surface area contributed by atoms with Crippen molar-refractivity contribution in [2.45, 2.75) is 10.3 Å². The van der Waals surface area contributed by atoms with Gasteiger partial charge in [0.05, 0.1) is 13.7 Å². The second-order valence-corrected chi connectivity index (χ2v) is 5.29. The molecule has 2 N–H and O–H groups in total. The van der Waals surface area contributed by atoms with E-state index in [9.17, 15) is 0 Å². The van der Waals surface area contributed by atoms with Crippen molar-refractivity contribution in [1.82, 2.24) is 0 Å². The minimum atomic E-state index is -1.66. The summed E-state index contributed by atoms with van der Waals surface area (Å²) in [4.78, 5) is 3.99. The lowest BCUT2D eigenvalue weighted by Crippen LogP contribution is -2.28. The first-order valence-corrected chi connectivity index (χ1v) is 5.57. The molecule has 96 valence electrons. The van der Waals surface area contributed by atoms with Crippen LogP contribution in [0.1, 0.15) is 5.56 Å². The van der Waals surface area contributed by atoms with Crippen molar-refractivity contribution in [1.29, 1.82) is 0 Å². The average Bonchev–Trinajstić information content (AvgIpc) is 2.24. The number of hydrogen-bond donors (Lipinski definition) is 1. The number of nitrogens with zero attached hydrogens (tertiary/aromatic N) is 1. The Morgan fingerprint density at radius 1 is 1.35 bits per heavy atom. The van der Waals surface area contributed by atoms with E-state index in [2.05, 4.69) is 4.99 Å². The predicted molar refractivity (Wildman–Crippen MR) is 75.9 cm³/mol. The molecule has 0 saturated heterocycles. The zero-order chi connectivity index (χ0) is 12.2. The van der Waals surface area contributed by atoms with Crippen LogP contribution < -0.4 is 10.5 Å². The predicted octanol–water partition coefficient (Wildman–Crippen LogP) is 3.34. The van der Waals surface area contributed by atoms with Crippen molar-refractivity contribution >= 4 is 53.0 Å². The highest BCUT2D eigenvalue weighted by Crippen LogP contribution is 2.26. The molecule has 1 aromatic rings. The van der Waals surface area contributed by atoms with E-state index in [1.54, 1.807) is 7.11 Å². The van der Waals surface area contributed by atoms with E-state index in [1.165, 1.54) is 0 Å². The SMILES string of the molecule is COc1ccccc1CN=C(N)C(Cl)(Cl)Cl.Cl. The van der Waals surface area contributed by atoms with Crippen LogP contribution in [0, 0.1) is 0 Å². The van der Waals surface area contributed by atoms with Crippen LogP contribution in [0.5, 0.6) is 5.75 Å². The van der Waals surface area contributed by atoms with E-state index in [4.69, 9.17) is 45.3 Å². The Bertz CT molecular complexity index is 390. The molecular weight excluding hydrogens is 306 g/mol. The maximum atomic E-state index is 5.57. The molecule has 0 radical (unpaired) electrons. The number of nitrogens with two attached hydrogens (primary N) is 1. The number of alkyl halides is 3. The van der Waals surface area contributed by atoms with Crippen LogP contribution in [0.2, 0.25) is 0 Å². The van der Waals surface area contributed by atoms with Gasteiger partial charge in [0.2, 0.25) is 3.79 Å². The van der Waals surface area contributed by atoms with Gasteiger partial charge in [0, 0.05) is 5.56 Å². The first-order valence-electron chi connectivity index (χ1n) is 4.44. The van der Waals surface area contributed by atoms with Crippen molar-refractivity contribution in [2.75, 3.05) is 7.11 Å². The average molecular weight is 318 g/mol. The van der Waals surface area contributed by atoms with Gasteiger partial charge in [-0.25, -0.2) is 0 Å². The van der Waals surface area contributed by atoms with E-state index < -0.39 is 3.79 Å². The Balaban J connectivity index is 0.00000256. The number of amidine groups is 1. The number of aliphatic imine (C=N–C) groups is 1. The van der Waals surface area contributed by atoms with Crippen molar-refractivity contribution in [3.63, 3.8) is 0 Å². The molecular formula is C10H12Cl4N2O. The van der Waals surface area contributed by atoms with E-state index in [0.717, 1.165) is 11.3 Å². The van der Waals surface area contributed by atoms with Gasteiger partial charge in [0.1, 0.15) is 11.6 Å². The van der Waals surface area contributed by atoms with Gasteiger partial charge in [-0.1, -0.05) is 53.0 Å². The van der Waals surface area contributed by atoms with Gasteiger partial charge in [-0.3, -0.25) is 4.99 Å². The van der Waals surface area contributed by atoms with Crippen LogP contribution in [-0.4, -0.2) is 16.7 Å². The summed E-state index contributed by atoms with van der Waals surface area (Å²) < 4.78 is 3.49. The van der Waals surface area contributed by atoms with Gasteiger partial charge in [-0.05, 0) is 6.07 Å². The number of rotatable bonds is 3. The van der Waals surface area contributed by atoms with Gasteiger partial charge in [-0.2, -0.15) is 0 Å². The summed E-state index contributed by atoms with van der Waals surface area (Å²) in [5.41, 5.74) is 6.38. The summed E-state index contributed by atoms with van der Waals surface area (Å²) in [5, 5.41) is 0. The highest BCUT2D eigenvalue weighted by molar-refractivity contribution is 6.76. The Morgan fingerprint density at radius 3 is 2.47 bits per heavy atom. The third kappa shape index (κ3) is 5.21. The summed E-state index contributed by atoms with van der Waals surface area (Å²) in [6.45, 7) is 0.309. The van der Waals surface area contributed by atoms with E-state index in [1.807, 2.05) is 24.3 Å². The van der Waals surface area contributed by atoms with Gasteiger partial charge in [0.25, 0.3) is 0 Å². The molecule has 0 spiro atoms. The van der Waals surface area contributed by atoms with Crippen LogP contribution in [0.25, 0.3) is 0 Å². The normalized spacial score (nSPS) is 11.9. The minimum absolute atomic E-state index is 0. The van der Waals surface area contributed by atoms with Crippen LogP contribution in [0.3, 0.4) is 0 Å². The monoisotopic (exact) mass is 316 g/mol. The highest BCUT2D eigenvalue weighted by atomic mass is 35.6. The zero-order valence-corrected chi connectivity index (χ0v) is 12.1. The Labute approximate surface area is 121 Å². The lowest BCUT2D eigenvalue weighted by Gasteiger charge is -2.10. The van der Waals surface area contributed by atoms with Crippen molar-refractivity contribution in [3.05, 3.63) is 29.8 Å². The van der Waals surface area contributed by atoms with Gasteiger partial charge in [-0.15, -0.1) is 12.4 Å². The summed E-state index contributed by atoms with van der Waals surface area (Å²) in [5.74, 6) is 0.687. The molecule has 0 aliphatic rings. The number of benzene rings is 1.